The van der Waals surface area contributed by atoms with Crippen LogP contribution in [0.2, 0.25) is 0 Å². The number of aliphatic hydroxyl groups is 2. The molecule has 0 heterocycles. The van der Waals surface area contributed by atoms with E-state index in [0.717, 1.165) is 0 Å². The van der Waals surface area contributed by atoms with Crippen molar-refractivity contribution in [3.63, 3.8) is 0 Å². The summed E-state index contributed by atoms with van der Waals surface area (Å²) in [7, 11) is 3.02. The predicted octanol–water partition coefficient (Wildman–Crippen LogP) is 0.819. The molecule has 2 atom stereocenters. The van der Waals surface area contributed by atoms with E-state index < -0.39 is 12.2 Å². The van der Waals surface area contributed by atoms with E-state index in [2.05, 4.69) is 15.9 Å². The van der Waals surface area contributed by atoms with Crippen molar-refractivity contribution in [2.45, 2.75) is 12.2 Å². The molecule has 0 aliphatic rings. The molecule has 0 saturated heterocycles. The predicted molar refractivity (Wildman–Crippen MR) is 67.3 cm³/mol. The quantitative estimate of drug-likeness (QED) is 0.750. The molecule has 0 fully saturated rings. The molecule has 0 bridgehead atoms. The highest BCUT2D eigenvalue weighted by molar-refractivity contribution is 9.10. The normalized spacial score (nSPS) is 14.2. The molecule has 17 heavy (non-hydrogen) atoms. The number of aliphatic hydroxyl groups excluding tert-OH is 2. The van der Waals surface area contributed by atoms with Crippen LogP contribution in [0.15, 0.2) is 16.6 Å². The SMILES string of the molecule is COc1cc(Br)c(C(O)C(O)CN)cc1OC. The summed E-state index contributed by atoms with van der Waals surface area (Å²) >= 11 is 3.30. The zero-order chi connectivity index (χ0) is 13.0. The van der Waals surface area contributed by atoms with Crippen LogP contribution in [-0.2, 0) is 0 Å². The maximum Gasteiger partial charge on any atom is 0.161 e. The Hall–Kier alpha value is -0.820. The van der Waals surface area contributed by atoms with Crippen LogP contribution in [0, 0.1) is 0 Å². The number of nitrogens with two attached hydrogens (primary N) is 1. The molecule has 1 aromatic carbocycles. The van der Waals surface area contributed by atoms with Crippen LogP contribution in [0.25, 0.3) is 0 Å². The third-order valence-electron chi connectivity index (χ3n) is 2.43. The van der Waals surface area contributed by atoms with Crippen LogP contribution in [0.4, 0.5) is 0 Å². The molecule has 0 aromatic heterocycles. The lowest BCUT2D eigenvalue weighted by atomic mass is 10.0. The number of ether oxygens (including phenoxy) is 2. The summed E-state index contributed by atoms with van der Waals surface area (Å²) in [4.78, 5) is 0. The Morgan fingerprint density at radius 3 is 2.24 bits per heavy atom. The standard InChI is InChI=1S/C11H16BrNO4/c1-16-9-3-6(11(15)8(14)5-13)7(12)4-10(9)17-2/h3-4,8,11,14-15H,5,13H2,1-2H3. The Balaban J connectivity index is 3.16. The van der Waals surface area contributed by atoms with Gasteiger partial charge in [0.25, 0.3) is 0 Å². The summed E-state index contributed by atoms with van der Waals surface area (Å²) in [5, 5.41) is 19.4. The number of hydrogen-bond donors (Lipinski definition) is 3. The molecule has 0 spiro atoms. The van der Waals surface area contributed by atoms with Crippen molar-refractivity contribution in [2.75, 3.05) is 20.8 Å². The number of methoxy groups -OCH3 is 2. The van der Waals surface area contributed by atoms with Gasteiger partial charge < -0.3 is 25.4 Å². The molecule has 0 amide bonds. The fourth-order valence-electron chi connectivity index (χ4n) is 1.43. The molecule has 1 aromatic rings. The van der Waals surface area contributed by atoms with Gasteiger partial charge in [0.05, 0.1) is 20.3 Å². The maximum absolute atomic E-state index is 9.90. The largest absolute Gasteiger partial charge is 0.493 e. The first-order valence-corrected chi connectivity index (χ1v) is 5.82. The van der Waals surface area contributed by atoms with Crippen LogP contribution in [0.1, 0.15) is 11.7 Å². The van der Waals surface area contributed by atoms with Gasteiger partial charge in [0.1, 0.15) is 6.10 Å². The Kier molecular flexibility index (Phi) is 5.20. The molecule has 96 valence electrons. The first-order chi connectivity index (χ1) is 8.04. The zero-order valence-corrected chi connectivity index (χ0v) is 11.3. The first-order valence-electron chi connectivity index (χ1n) is 5.02. The molecule has 4 N–H and O–H groups in total. The average Bonchev–Trinajstić information content (AvgIpc) is 2.36. The van der Waals surface area contributed by atoms with Crippen molar-refractivity contribution in [2.24, 2.45) is 5.73 Å². The summed E-state index contributed by atoms with van der Waals surface area (Å²) in [6, 6.07) is 3.27. The molecule has 2 unspecified atom stereocenters. The smallest absolute Gasteiger partial charge is 0.161 e. The van der Waals surface area contributed by atoms with Crippen molar-refractivity contribution in [1.29, 1.82) is 0 Å². The molecule has 0 aliphatic heterocycles. The van der Waals surface area contributed by atoms with Gasteiger partial charge in [-0.1, -0.05) is 15.9 Å². The first kappa shape index (κ1) is 14.2. The summed E-state index contributed by atoms with van der Waals surface area (Å²) < 4.78 is 10.9. The van der Waals surface area contributed by atoms with Crippen molar-refractivity contribution in [3.8, 4) is 11.5 Å². The minimum Gasteiger partial charge on any atom is -0.493 e. The second-order valence-corrected chi connectivity index (χ2v) is 4.33. The molecular formula is C11H16BrNO4. The van der Waals surface area contributed by atoms with E-state index in [1.807, 2.05) is 0 Å². The van der Waals surface area contributed by atoms with E-state index in [-0.39, 0.29) is 6.54 Å². The second kappa shape index (κ2) is 6.20. The minimum atomic E-state index is -1.07. The third-order valence-corrected chi connectivity index (χ3v) is 3.11. The highest BCUT2D eigenvalue weighted by Crippen LogP contribution is 2.36. The van der Waals surface area contributed by atoms with Crippen molar-refractivity contribution in [3.05, 3.63) is 22.2 Å². The van der Waals surface area contributed by atoms with E-state index in [9.17, 15) is 10.2 Å². The van der Waals surface area contributed by atoms with E-state index >= 15 is 0 Å². The van der Waals surface area contributed by atoms with Gasteiger partial charge >= 0.3 is 0 Å². The van der Waals surface area contributed by atoms with Gasteiger partial charge in [0.2, 0.25) is 0 Å². The molecule has 6 heteroatoms. The van der Waals surface area contributed by atoms with Gasteiger partial charge in [0.15, 0.2) is 11.5 Å². The minimum absolute atomic E-state index is 0.0258. The number of hydrogen-bond acceptors (Lipinski definition) is 5. The lowest BCUT2D eigenvalue weighted by Gasteiger charge is -2.19. The van der Waals surface area contributed by atoms with Crippen molar-refractivity contribution >= 4 is 15.9 Å². The van der Waals surface area contributed by atoms with Crippen LogP contribution in [0.5, 0.6) is 11.5 Å². The molecular weight excluding hydrogens is 290 g/mol. The topological polar surface area (TPSA) is 84.9 Å². The summed E-state index contributed by atoms with van der Waals surface area (Å²) in [5.41, 5.74) is 5.81. The zero-order valence-electron chi connectivity index (χ0n) is 9.68. The fraction of sp³-hybridized carbons (Fsp3) is 0.455. The average molecular weight is 306 g/mol. The Labute approximate surface area is 108 Å². The van der Waals surface area contributed by atoms with Gasteiger partial charge in [-0.2, -0.15) is 0 Å². The second-order valence-electron chi connectivity index (χ2n) is 3.48. The summed E-state index contributed by atoms with van der Waals surface area (Å²) in [5.74, 6) is 1.02. The number of benzene rings is 1. The molecule has 1 rings (SSSR count). The monoisotopic (exact) mass is 305 g/mol. The van der Waals surface area contributed by atoms with Crippen LogP contribution < -0.4 is 15.2 Å². The lowest BCUT2D eigenvalue weighted by Crippen LogP contribution is -2.27. The van der Waals surface area contributed by atoms with E-state index in [4.69, 9.17) is 15.2 Å². The van der Waals surface area contributed by atoms with Crippen LogP contribution in [0.3, 0.4) is 0 Å². The Bertz CT molecular complexity index is 386. The number of halogens is 1. The van der Waals surface area contributed by atoms with E-state index in [1.165, 1.54) is 14.2 Å². The van der Waals surface area contributed by atoms with Gasteiger partial charge in [-0.3, -0.25) is 0 Å². The Morgan fingerprint density at radius 2 is 1.76 bits per heavy atom. The Morgan fingerprint density at radius 1 is 1.24 bits per heavy atom. The van der Waals surface area contributed by atoms with E-state index in [0.29, 0.717) is 21.5 Å². The van der Waals surface area contributed by atoms with Gasteiger partial charge in [-0.05, 0) is 12.1 Å². The fourth-order valence-corrected chi connectivity index (χ4v) is 1.99. The summed E-state index contributed by atoms with van der Waals surface area (Å²) in [6.45, 7) is -0.0258. The molecule has 0 aliphatic carbocycles. The molecule has 0 radical (unpaired) electrons. The van der Waals surface area contributed by atoms with Crippen molar-refractivity contribution in [1.82, 2.24) is 0 Å². The number of rotatable bonds is 5. The van der Waals surface area contributed by atoms with Gasteiger partial charge in [-0.25, -0.2) is 0 Å². The maximum atomic E-state index is 9.90. The highest BCUT2D eigenvalue weighted by atomic mass is 79.9. The van der Waals surface area contributed by atoms with Gasteiger partial charge in [-0.15, -0.1) is 0 Å². The van der Waals surface area contributed by atoms with Crippen LogP contribution in [-0.4, -0.2) is 37.1 Å². The van der Waals surface area contributed by atoms with E-state index in [1.54, 1.807) is 12.1 Å². The third kappa shape index (κ3) is 3.10. The van der Waals surface area contributed by atoms with Crippen LogP contribution >= 0.6 is 15.9 Å². The molecule has 0 saturated carbocycles. The summed E-state index contributed by atoms with van der Waals surface area (Å²) in [6.07, 6.45) is -2.10. The highest BCUT2D eigenvalue weighted by Gasteiger charge is 2.21. The van der Waals surface area contributed by atoms with Crippen molar-refractivity contribution < 1.29 is 19.7 Å². The lowest BCUT2D eigenvalue weighted by molar-refractivity contribution is 0.0237. The molecule has 5 nitrogen and oxygen atoms in total. The van der Waals surface area contributed by atoms with Gasteiger partial charge in [0, 0.05) is 16.6 Å².